The molecule has 0 saturated heterocycles. The van der Waals surface area contributed by atoms with Gasteiger partial charge in [0.05, 0.1) is 4.90 Å². The smallest absolute Gasteiger partial charge is 0.240 e. The van der Waals surface area contributed by atoms with Crippen molar-refractivity contribution < 1.29 is 18.0 Å². The maximum absolute atomic E-state index is 12.5. The summed E-state index contributed by atoms with van der Waals surface area (Å²) in [7, 11) is -3.71. The second kappa shape index (κ2) is 8.08. The highest BCUT2D eigenvalue weighted by Gasteiger charge is 2.53. The van der Waals surface area contributed by atoms with Crippen LogP contribution in [0.1, 0.15) is 69.2 Å². The van der Waals surface area contributed by atoms with Crippen molar-refractivity contribution in [2.24, 2.45) is 23.2 Å². The monoisotopic (exact) mass is 432 g/mol. The van der Waals surface area contributed by atoms with Crippen molar-refractivity contribution in [1.29, 1.82) is 0 Å². The number of hydrogen-bond donors (Lipinski definition) is 2. The molecule has 4 aliphatic carbocycles. The van der Waals surface area contributed by atoms with Crippen LogP contribution in [0.2, 0.25) is 0 Å². The molecule has 0 heterocycles. The molecular formula is C23H32N2O4S. The van der Waals surface area contributed by atoms with Gasteiger partial charge in [-0.2, -0.15) is 0 Å². The zero-order valence-electron chi connectivity index (χ0n) is 17.8. The summed E-state index contributed by atoms with van der Waals surface area (Å²) in [6.45, 7) is 3.62. The van der Waals surface area contributed by atoms with Crippen LogP contribution in [0.15, 0.2) is 29.2 Å². The van der Waals surface area contributed by atoms with Crippen LogP contribution in [0.4, 0.5) is 0 Å². The number of amides is 1. The Hall–Kier alpha value is -1.73. The Bertz CT molecular complexity index is 888. The molecule has 4 fully saturated rings. The van der Waals surface area contributed by atoms with Crippen LogP contribution in [-0.2, 0) is 14.8 Å². The summed E-state index contributed by atoms with van der Waals surface area (Å²) in [5, 5.41) is 3.17. The predicted octanol–water partition coefficient (Wildman–Crippen LogP) is 3.28. The third-order valence-corrected chi connectivity index (χ3v) is 9.07. The molecule has 5 rings (SSSR count). The third kappa shape index (κ3) is 4.33. The molecule has 6 nitrogen and oxygen atoms in total. The minimum absolute atomic E-state index is 0.0518. The van der Waals surface area contributed by atoms with Crippen molar-refractivity contribution in [3.8, 4) is 0 Å². The molecule has 4 aliphatic rings. The third-order valence-electron chi connectivity index (χ3n) is 7.60. The highest BCUT2D eigenvalue weighted by Crippen LogP contribution is 2.61. The van der Waals surface area contributed by atoms with Gasteiger partial charge in [0.25, 0.3) is 0 Å². The Labute approximate surface area is 179 Å². The lowest BCUT2D eigenvalue weighted by atomic mass is 9.48. The summed E-state index contributed by atoms with van der Waals surface area (Å²) in [6, 6.07) is 5.95. The van der Waals surface area contributed by atoms with Gasteiger partial charge in [-0.1, -0.05) is 12.1 Å². The molecule has 0 spiro atoms. The number of hydrogen-bond acceptors (Lipinski definition) is 4. The van der Waals surface area contributed by atoms with E-state index in [4.69, 9.17) is 0 Å². The van der Waals surface area contributed by atoms with Crippen molar-refractivity contribution in [2.45, 2.75) is 69.7 Å². The fourth-order valence-corrected chi connectivity index (χ4v) is 7.46. The lowest BCUT2D eigenvalue weighted by Gasteiger charge is -2.59. The molecule has 7 heteroatoms. The number of rotatable bonds is 8. The summed E-state index contributed by atoms with van der Waals surface area (Å²) >= 11 is 0. The van der Waals surface area contributed by atoms with Crippen molar-refractivity contribution in [2.75, 3.05) is 6.54 Å². The first-order valence-corrected chi connectivity index (χ1v) is 12.6. The predicted molar refractivity (Wildman–Crippen MR) is 114 cm³/mol. The van der Waals surface area contributed by atoms with Crippen molar-refractivity contribution in [1.82, 2.24) is 10.0 Å². The van der Waals surface area contributed by atoms with E-state index in [1.165, 1.54) is 69.7 Å². The normalized spacial score (nSPS) is 30.8. The van der Waals surface area contributed by atoms with E-state index in [9.17, 15) is 18.0 Å². The number of ketones is 1. The van der Waals surface area contributed by atoms with Crippen LogP contribution in [-0.4, -0.2) is 32.7 Å². The molecule has 1 amide bonds. The van der Waals surface area contributed by atoms with E-state index < -0.39 is 10.0 Å². The second-order valence-electron chi connectivity index (χ2n) is 9.80. The summed E-state index contributed by atoms with van der Waals surface area (Å²) in [5.74, 6) is 2.27. The van der Waals surface area contributed by atoms with E-state index in [-0.39, 0.29) is 41.0 Å². The summed E-state index contributed by atoms with van der Waals surface area (Å²) in [5.41, 5.74) is 0.703. The SMILES string of the molecule is CC(=O)c1ccc(S(=O)(=O)NCCC(=O)NC(C)C23CC4CC(CC(C4)C2)C3)cc1. The number of sulfonamides is 1. The molecule has 30 heavy (non-hydrogen) atoms. The number of nitrogens with one attached hydrogen (secondary N) is 2. The van der Waals surface area contributed by atoms with Crippen LogP contribution in [0.25, 0.3) is 0 Å². The van der Waals surface area contributed by atoms with Gasteiger partial charge in [0.15, 0.2) is 5.78 Å². The summed E-state index contributed by atoms with van der Waals surface area (Å²) < 4.78 is 27.3. The van der Waals surface area contributed by atoms with E-state index in [2.05, 4.69) is 17.0 Å². The lowest BCUT2D eigenvalue weighted by Crippen LogP contribution is -2.56. The maximum Gasteiger partial charge on any atom is 0.240 e. The molecule has 1 aromatic rings. The van der Waals surface area contributed by atoms with Gasteiger partial charge in [-0.05, 0) is 87.7 Å². The van der Waals surface area contributed by atoms with Gasteiger partial charge < -0.3 is 5.32 Å². The molecule has 0 aliphatic heterocycles. The van der Waals surface area contributed by atoms with Crippen LogP contribution >= 0.6 is 0 Å². The number of benzene rings is 1. The average Bonchev–Trinajstić information content (AvgIpc) is 2.66. The van der Waals surface area contributed by atoms with Crippen LogP contribution in [0, 0.1) is 23.2 Å². The zero-order valence-corrected chi connectivity index (χ0v) is 18.6. The van der Waals surface area contributed by atoms with Gasteiger partial charge in [0.2, 0.25) is 15.9 Å². The van der Waals surface area contributed by atoms with E-state index in [1.807, 2.05) is 0 Å². The standard InChI is InChI=1S/C23H32N2O4S/c1-15(26)20-3-5-21(6-4-20)30(28,29)24-8-7-22(27)25-16(2)23-12-17-9-18(13-23)11-19(10-17)14-23/h3-6,16-19,24H,7-14H2,1-2H3,(H,25,27). The number of carbonyl (C=O) groups excluding carboxylic acids is 2. The van der Waals surface area contributed by atoms with E-state index in [0.29, 0.717) is 5.56 Å². The lowest BCUT2D eigenvalue weighted by molar-refractivity contribution is -0.125. The van der Waals surface area contributed by atoms with Crippen LogP contribution in [0.3, 0.4) is 0 Å². The van der Waals surface area contributed by atoms with Crippen molar-refractivity contribution in [3.05, 3.63) is 29.8 Å². The summed E-state index contributed by atoms with van der Waals surface area (Å²) in [6.07, 6.45) is 7.90. The minimum atomic E-state index is -3.71. The van der Waals surface area contributed by atoms with Crippen molar-refractivity contribution >= 4 is 21.7 Å². The first kappa shape index (κ1) is 21.5. The second-order valence-corrected chi connectivity index (χ2v) is 11.6. The van der Waals surface area contributed by atoms with Gasteiger partial charge in [0, 0.05) is 24.6 Å². The first-order valence-electron chi connectivity index (χ1n) is 11.1. The molecule has 4 saturated carbocycles. The summed E-state index contributed by atoms with van der Waals surface area (Å²) in [4.78, 5) is 23.9. The van der Waals surface area contributed by atoms with Gasteiger partial charge in [0.1, 0.15) is 0 Å². The van der Waals surface area contributed by atoms with Gasteiger partial charge in [-0.25, -0.2) is 13.1 Å². The molecule has 0 radical (unpaired) electrons. The molecule has 1 atom stereocenters. The zero-order chi connectivity index (χ0) is 21.5. The Morgan fingerprint density at radius 3 is 2.07 bits per heavy atom. The molecular weight excluding hydrogens is 400 g/mol. The Balaban J connectivity index is 1.28. The molecule has 1 unspecified atom stereocenters. The number of Topliss-reactive ketones (excluding diaryl/α,β-unsaturated/α-hetero) is 1. The Morgan fingerprint density at radius 2 is 1.57 bits per heavy atom. The highest BCUT2D eigenvalue weighted by molar-refractivity contribution is 7.89. The average molecular weight is 433 g/mol. The van der Waals surface area contributed by atoms with E-state index in [1.54, 1.807) is 0 Å². The molecule has 2 N–H and O–H groups in total. The van der Waals surface area contributed by atoms with E-state index >= 15 is 0 Å². The quantitative estimate of drug-likeness (QED) is 0.617. The maximum atomic E-state index is 12.5. The molecule has 1 aromatic carbocycles. The molecule has 4 bridgehead atoms. The van der Waals surface area contributed by atoms with Gasteiger partial charge >= 0.3 is 0 Å². The van der Waals surface area contributed by atoms with Gasteiger partial charge in [-0.15, -0.1) is 0 Å². The fourth-order valence-electron chi connectivity index (χ4n) is 6.43. The molecule has 0 aromatic heterocycles. The van der Waals surface area contributed by atoms with Crippen LogP contribution < -0.4 is 10.0 Å². The first-order chi connectivity index (χ1) is 14.2. The van der Waals surface area contributed by atoms with Gasteiger partial charge in [-0.3, -0.25) is 9.59 Å². The minimum Gasteiger partial charge on any atom is -0.353 e. The molecule has 164 valence electrons. The van der Waals surface area contributed by atoms with Crippen LogP contribution in [0.5, 0.6) is 0 Å². The Kier molecular flexibility index (Phi) is 5.79. The fraction of sp³-hybridized carbons (Fsp3) is 0.652. The Morgan fingerprint density at radius 1 is 1.03 bits per heavy atom. The van der Waals surface area contributed by atoms with Crippen molar-refractivity contribution in [3.63, 3.8) is 0 Å². The van der Waals surface area contributed by atoms with E-state index in [0.717, 1.165) is 17.8 Å². The highest BCUT2D eigenvalue weighted by atomic mass is 32.2. The topological polar surface area (TPSA) is 92.3 Å². The number of carbonyl (C=O) groups is 2. The largest absolute Gasteiger partial charge is 0.353 e.